The predicted octanol–water partition coefficient (Wildman–Crippen LogP) is 11.4. The van der Waals surface area contributed by atoms with Gasteiger partial charge < -0.3 is 9.84 Å². The number of carboxylic acids is 1. The van der Waals surface area contributed by atoms with Crippen molar-refractivity contribution in [1.29, 1.82) is 0 Å². The smallest absolute Gasteiger partial charge is 0.425 e. The maximum atomic E-state index is 13.3. The van der Waals surface area contributed by atoms with Crippen LogP contribution in [0.2, 0.25) is 0 Å². The minimum Gasteiger partial charge on any atom is -0.478 e. The fourth-order valence-electron chi connectivity index (χ4n) is 5.75. The van der Waals surface area contributed by atoms with Crippen molar-refractivity contribution in [3.05, 3.63) is 71.5 Å². The van der Waals surface area contributed by atoms with E-state index in [9.17, 15) is 27.9 Å². The minimum atomic E-state index is -4.66. The molecule has 1 heterocycles. The van der Waals surface area contributed by atoms with E-state index in [1.807, 2.05) is 12.4 Å². The van der Waals surface area contributed by atoms with Crippen molar-refractivity contribution in [2.75, 3.05) is 0 Å². The van der Waals surface area contributed by atoms with Crippen molar-refractivity contribution in [2.45, 2.75) is 135 Å². The Balaban J connectivity index is 1.54. The van der Waals surface area contributed by atoms with E-state index in [1.165, 1.54) is 107 Å². The topological polar surface area (TPSA) is 89.4 Å². The Bertz CT molecular complexity index is 1390. The van der Waals surface area contributed by atoms with Crippen LogP contribution < -0.4 is 0 Å². The van der Waals surface area contributed by atoms with Gasteiger partial charge in [0.05, 0.1) is 11.1 Å². The molecule has 0 fully saturated rings. The first-order valence-electron chi connectivity index (χ1n) is 17.7. The van der Waals surface area contributed by atoms with E-state index in [-0.39, 0.29) is 24.0 Å². The molecule has 1 atom stereocenters. The van der Waals surface area contributed by atoms with Crippen molar-refractivity contribution in [3.63, 3.8) is 0 Å². The summed E-state index contributed by atoms with van der Waals surface area (Å²) in [6, 6.07) is 10.5. The fourth-order valence-corrected chi connectivity index (χ4v) is 5.75. The number of benzene rings is 2. The number of aryl methyl sites for hydroxylation is 1. The number of hydrogen-bond acceptors (Lipinski definition) is 5. The van der Waals surface area contributed by atoms with Crippen LogP contribution in [0.4, 0.5) is 13.2 Å². The quantitative estimate of drug-likeness (QED) is 0.0846. The van der Waals surface area contributed by atoms with Gasteiger partial charge in [0.15, 0.2) is 11.9 Å². The third kappa shape index (κ3) is 13.0. The molecule has 0 amide bonds. The molecule has 0 aliphatic carbocycles. The van der Waals surface area contributed by atoms with Crippen LogP contribution in [-0.4, -0.2) is 39.3 Å². The second-order valence-electron chi connectivity index (χ2n) is 12.6. The van der Waals surface area contributed by atoms with Gasteiger partial charge in [-0.25, -0.2) is 19.6 Å². The highest BCUT2D eigenvalue weighted by atomic mass is 19.4. The third-order valence-electron chi connectivity index (χ3n) is 8.65. The molecule has 48 heavy (non-hydrogen) atoms. The molecule has 3 aromatic rings. The highest BCUT2D eigenvalue weighted by molar-refractivity contribution is 5.97. The van der Waals surface area contributed by atoms with E-state index in [2.05, 4.69) is 16.9 Å². The summed E-state index contributed by atoms with van der Waals surface area (Å²) < 4.78 is 44.8. The molecule has 0 aliphatic rings. The van der Waals surface area contributed by atoms with Crippen molar-refractivity contribution in [1.82, 2.24) is 9.97 Å². The first-order chi connectivity index (χ1) is 23.1. The van der Waals surface area contributed by atoms with E-state index in [0.29, 0.717) is 28.9 Å². The van der Waals surface area contributed by atoms with Crippen LogP contribution in [0.25, 0.3) is 22.5 Å². The number of esters is 1. The van der Waals surface area contributed by atoms with Crippen LogP contribution in [0.3, 0.4) is 0 Å². The summed E-state index contributed by atoms with van der Waals surface area (Å²) in [5.41, 5.74) is 2.49. The molecule has 3 rings (SSSR count). The molecule has 6 nitrogen and oxygen atoms in total. The number of hydrogen-bond donors (Lipinski definition) is 1. The summed E-state index contributed by atoms with van der Waals surface area (Å²) in [5.74, 6) is -1.77. The Kier molecular flexibility index (Phi) is 16.6. The zero-order valence-electron chi connectivity index (χ0n) is 28.5. The zero-order valence-corrected chi connectivity index (χ0v) is 28.5. The van der Waals surface area contributed by atoms with Crippen molar-refractivity contribution in [3.8, 4) is 22.5 Å². The van der Waals surface area contributed by atoms with Gasteiger partial charge in [-0.2, -0.15) is 13.2 Å². The number of halogens is 3. The lowest BCUT2D eigenvalue weighted by molar-refractivity contribution is -0.206. The van der Waals surface area contributed by atoms with Crippen molar-refractivity contribution in [2.24, 2.45) is 0 Å². The molecular weight excluding hydrogens is 617 g/mol. The van der Waals surface area contributed by atoms with E-state index in [1.54, 1.807) is 19.1 Å². The first kappa shape index (κ1) is 38.7. The number of carbonyl (C=O) groups is 2. The van der Waals surface area contributed by atoms with Gasteiger partial charge >= 0.3 is 18.1 Å². The Labute approximate surface area is 283 Å². The fraction of sp³-hybridized carbons (Fsp3) is 0.538. The lowest BCUT2D eigenvalue weighted by atomic mass is 9.96. The van der Waals surface area contributed by atoms with Crippen LogP contribution in [0, 0.1) is 0 Å². The van der Waals surface area contributed by atoms with Gasteiger partial charge in [-0.05, 0) is 66.6 Å². The maximum absolute atomic E-state index is 13.3. The molecule has 0 bridgehead atoms. The largest absolute Gasteiger partial charge is 0.478 e. The van der Waals surface area contributed by atoms with E-state index < -0.39 is 24.2 Å². The van der Waals surface area contributed by atoms with Crippen LogP contribution in [0.5, 0.6) is 0 Å². The number of unbranched alkanes of at least 4 members (excludes halogenated alkanes) is 13. The lowest BCUT2D eigenvalue weighted by Crippen LogP contribution is -2.33. The molecule has 262 valence electrons. The molecule has 0 spiro atoms. The summed E-state index contributed by atoms with van der Waals surface area (Å²) in [6.07, 6.45) is 15.1. The molecule has 0 saturated heterocycles. The van der Waals surface area contributed by atoms with Gasteiger partial charge in [-0.1, -0.05) is 116 Å². The summed E-state index contributed by atoms with van der Waals surface area (Å²) in [6.45, 7) is 4.01. The average Bonchev–Trinajstić information content (AvgIpc) is 3.08. The summed E-state index contributed by atoms with van der Waals surface area (Å²) in [4.78, 5) is 33.6. The van der Waals surface area contributed by atoms with Gasteiger partial charge in [0.25, 0.3) is 0 Å². The van der Waals surface area contributed by atoms with Crippen LogP contribution in [0.15, 0.2) is 54.9 Å². The van der Waals surface area contributed by atoms with Crippen molar-refractivity contribution >= 4 is 11.9 Å². The van der Waals surface area contributed by atoms with Crippen LogP contribution in [0.1, 0.15) is 143 Å². The summed E-state index contributed by atoms with van der Waals surface area (Å²) in [5, 5.41) is 9.82. The predicted molar refractivity (Wildman–Crippen MR) is 184 cm³/mol. The van der Waals surface area contributed by atoms with Gasteiger partial charge in [-0.3, -0.25) is 0 Å². The number of carbonyl (C=O) groups excluding carboxylic acids is 1. The van der Waals surface area contributed by atoms with Gasteiger partial charge in [0.1, 0.15) is 0 Å². The average molecular weight is 669 g/mol. The van der Waals surface area contributed by atoms with E-state index in [4.69, 9.17) is 4.74 Å². The summed E-state index contributed by atoms with van der Waals surface area (Å²) >= 11 is 0. The summed E-state index contributed by atoms with van der Waals surface area (Å²) in [7, 11) is 0. The second kappa shape index (κ2) is 20.6. The number of carboxylic acid groups (broad SMARTS) is 1. The molecule has 9 heteroatoms. The maximum Gasteiger partial charge on any atom is 0.425 e. The number of ether oxygens (including phenoxy) is 1. The number of aromatic nitrogens is 2. The van der Waals surface area contributed by atoms with Crippen LogP contribution >= 0.6 is 0 Å². The molecule has 1 aromatic heterocycles. The Morgan fingerprint density at radius 1 is 0.729 bits per heavy atom. The Hall–Kier alpha value is -3.75. The molecule has 2 aromatic carbocycles. The number of nitrogens with zero attached hydrogens (tertiary/aromatic N) is 2. The normalized spacial score (nSPS) is 12.2. The van der Waals surface area contributed by atoms with E-state index in [0.717, 1.165) is 18.4 Å². The van der Waals surface area contributed by atoms with Gasteiger partial charge in [0, 0.05) is 18.0 Å². The lowest BCUT2D eigenvalue weighted by Gasteiger charge is -2.20. The highest BCUT2D eigenvalue weighted by Crippen LogP contribution is 2.31. The molecular formula is C39H51F3N2O4. The third-order valence-corrected chi connectivity index (χ3v) is 8.65. The molecule has 0 saturated carbocycles. The highest BCUT2D eigenvalue weighted by Gasteiger charge is 2.42. The Morgan fingerprint density at radius 3 is 1.77 bits per heavy atom. The van der Waals surface area contributed by atoms with Gasteiger partial charge in [0.2, 0.25) is 0 Å². The molecule has 1 N–H and O–H groups in total. The second-order valence-corrected chi connectivity index (χ2v) is 12.6. The van der Waals surface area contributed by atoms with Gasteiger partial charge in [-0.15, -0.1) is 0 Å². The van der Waals surface area contributed by atoms with Crippen molar-refractivity contribution < 1.29 is 32.6 Å². The minimum absolute atomic E-state index is 0.0322. The number of alkyl halides is 3. The zero-order chi connectivity index (χ0) is 34.8. The number of rotatable bonds is 22. The monoisotopic (exact) mass is 668 g/mol. The standard InChI is InChI=1S/C39H51F3N2O4/c1-3-5-7-8-9-10-11-12-13-14-15-16-17-18-29-27-43-36(44-28-29)32-24-25-33(37(45)46)34(26-32)30-20-22-31(23-21-30)38(47)48-35(19-6-4-2)39(40,41)42/h20-28,35H,3-19H2,1-2H3,(H,45,46). The van der Waals surface area contributed by atoms with Crippen LogP contribution in [-0.2, 0) is 11.2 Å². The van der Waals surface area contributed by atoms with E-state index >= 15 is 0 Å². The number of aromatic carboxylic acids is 1. The first-order valence-corrected chi connectivity index (χ1v) is 17.7. The SMILES string of the molecule is CCCCCCCCCCCCCCCc1cnc(-c2ccc(C(=O)O)c(-c3ccc(C(=O)OC(CCCC)C(F)(F)F)cc3)c2)nc1. The molecule has 1 unspecified atom stereocenters. The molecule has 0 radical (unpaired) electrons. The molecule has 0 aliphatic heterocycles. The Morgan fingerprint density at radius 2 is 1.25 bits per heavy atom.